The normalized spacial score (nSPS) is 10.1. The highest BCUT2D eigenvalue weighted by Crippen LogP contribution is 2.30. The lowest BCUT2D eigenvalue weighted by Crippen LogP contribution is -2.07. The van der Waals surface area contributed by atoms with Crippen LogP contribution in [0.3, 0.4) is 0 Å². The van der Waals surface area contributed by atoms with E-state index in [1.165, 1.54) is 19.1 Å². The summed E-state index contributed by atoms with van der Waals surface area (Å²) in [5.74, 6) is -0.948. The first kappa shape index (κ1) is 13.9. The van der Waals surface area contributed by atoms with Crippen molar-refractivity contribution < 1.29 is 13.9 Å². The van der Waals surface area contributed by atoms with Crippen molar-refractivity contribution in [1.29, 1.82) is 0 Å². The van der Waals surface area contributed by atoms with Gasteiger partial charge in [0.2, 0.25) is 0 Å². The van der Waals surface area contributed by atoms with Crippen LogP contribution in [0, 0.1) is 5.82 Å². The van der Waals surface area contributed by atoms with Gasteiger partial charge < -0.3 is 15.8 Å². The average molecular weight is 274 g/mol. The van der Waals surface area contributed by atoms with Gasteiger partial charge in [0, 0.05) is 12.6 Å². The predicted molar refractivity (Wildman–Crippen MR) is 76.0 cm³/mol. The predicted octanol–water partition coefficient (Wildman–Crippen LogP) is 3.21. The first-order valence-electron chi connectivity index (χ1n) is 6.10. The molecule has 104 valence electrons. The van der Waals surface area contributed by atoms with Gasteiger partial charge in [0.15, 0.2) is 0 Å². The number of nitrogen functional groups attached to an aromatic ring is 1. The van der Waals surface area contributed by atoms with Crippen molar-refractivity contribution in [3.63, 3.8) is 0 Å². The highest BCUT2D eigenvalue weighted by atomic mass is 19.1. The highest BCUT2D eigenvalue weighted by molar-refractivity contribution is 5.76. The van der Waals surface area contributed by atoms with Gasteiger partial charge in [-0.2, -0.15) is 0 Å². The number of nitrogens with one attached hydrogen (secondary N) is 1. The number of benzene rings is 2. The zero-order valence-corrected chi connectivity index (χ0v) is 11.0. The van der Waals surface area contributed by atoms with Crippen molar-refractivity contribution in [2.24, 2.45) is 0 Å². The molecule has 0 bridgehead atoms. The van der Waals surface area contributed by atoms with Crippen molar-refractivity contribution in [3.05, 3.63) is 53.8 Å². The first-order chi connectivity index (χ1) is 9.58. The molecule has 2 aromatic rings. The van der Waals surface area contributed by atoms with Crippen LogP contribution in [0.4, 0.5) is 21.5 Å². The van der Waals surface area contributed by atoms with Gasteiger partial charge in [-0.3, -0.25) is 4.79 Å². The van der Waals surface area contributed by atoms with Gasteiger partial charge in [-0.05, 0) is 24.3 Å². The van der Waals surface area contributed by atoms with Gasteiger partial charge in [0.25, 0.3) is 0 Å². The molecule has 0 saturated heterocycles. The van der Waals surface area contributed by atoms with Gasteiger partial charge >= 0.3 is 5.97 Å². The molecule has 0 unspecified atom stereocenters. The minimum Gasteiger partial charge on any atom is -0.461 e. The quantitative estimate of drug-likeness (QED) is 0.663. The Kier molecular flexibility index (Phi) is 4.20. The van der Waals surface area contributed by atoms with Crippen LogP contribution < -0.4 is 11.1 Å². The Balaban J connectivity index is 2.34. The number of carbonyl (C=O) groups excluding carboxylic acids is 1. The van der Waals surface area contributed by atoms with E-state index in [-0.39, 0.29) is 12.2 Å². The third-order valence-corrected chi connectivity index (χ3v) is 2.75. The maximum absolute atomic E-state index is 13.9. The van der Waals surface area contributed by atoms with Gasteiger partial charge in [0.05, 0.1) is 16.9 Å². The molecule has 0 aliphatic rings. The van der Waals surface area contributed by atoms with E-state index in [0.717, 1.165) is 5.69 Å². The molecule has 0 aromatic heterocycles. The van der Waals surface area contributed by atoms with E-state index in [1.54, 1.807) is 0 Å². The van der Waals surface area contributed by atoms with Crippen LogP contribution in [-0.2, 0) is 16.1 Å². The van der Waals surface area contributed by atoms with Gasteiger partial charge in [-0.15, -0.1) is 0 Å². The molecule has 2 rings (SSSR count). The summed E-state index contributed by atoms with van der Waals surface area (Å²) in [6, 6.07) is 12.0. The highest BCUT2D eigenvalue weighted by Gasteiger charge is 2.13. The summed E-state index contributed by atoms with van der Waals surface area (Å²) in [6.45, 7) is 1.11. The van der Waals surface area contributed by atoms with Crippen LogP contribution >= 0.6 is 0 Å². The van der Waals surface area contributed by atoms with Gasteiger partial charge in [-0.25, -0.2) is 4.39 Å². The van der Waals surface area contributed by atoms with E-state index >= 15 is 0 Å². The monoisotopic (exact) mass is 274 g/mol. The van der Waals surface area contributed by atoms with Crippen molar-refractivity contribution in [1.82, 2.24) is 0 Å². The number of halogens is 1. The van der Waals surface area contributed by atoms with Crippen LogP contribution in [0.1, 0.15) is 12.5 Å². The summed E-state index contributed by atoms with van der Waals surface area (Å²) < 4.78 is 18.8. The zero-order valence-electron chi connectivity index (χ0n) is 11.0. The lowest BCUT2D eigenvalue weighted by molar-refractivity contribution is -0.142. The lowest BCUT2D eigenvalue weighted by Gasteiger charge is -2.15. The molecule has 0 atom stereocenters. The summed E-state index contributed by atoms with van der Waals surface area (Å²) >= 11 is 0. The van der Waals surface area contributed by atoms with Crippen LogP contribution in [0.5, 0.6) is 0 Å². The number of hydrogen-bond acceptors (Lipinski definition) is 4. The smallest absolute Gasteiger partial charge is 0.302 e. The molecule has 5 heteroatoms. The summed E-state index contributed by atoms with van der Waals surface area (Å²) in [6.07, 6.45) is 0. The fourth-order valence-corrected chi connectivity index (χ4v) is 1.77. The molecule has 4 nitrogen and oxygen atoms in total. The lowest BCUT2D eigenvalue weighted by atomic mass is 10.1. The Bertz CT molecular complexity index is 615. The fourth-order valence-electron chi connectivity index (χ4n) is 1.77. The van der Waals surface area contributed by atoms with Crippen molar-refractivity contribution in [2.45, 2.75) is 13.5 Å². The Morgan fingerprint density at radius 3 is 2.60 bits per heavy atom. The molecule has 0 aliphatic heterocycles. The van der Waals surface area contributed by atoms with Crippen molar-refractivity contribution >= 4 is 23.0 Å². The molecular formula is C15H15FN2O2. The molecule has 0 saturated carbocycles. The maximum Gasteiger partial charge on any atom is 0.302 e. The molecule has 0 heterocycles. The van der Waals surface area contributed by atoms with E-state index < -0.39 is 11.8 Å². The molecule has 0 aliphatic carbocycles. The zero-order chi connectivity index (χ0) is 14.5. The van der Waals surface area contributed by atoms with Crippen LogP contribution in [0.2, 0.25) is 0 Å². The SMILES string of the molecule is CC(=O)OCc1c(F)ccc(N)c1Nc1ccccc1. The molecule has 0 spiro atoms. The molecule has 0 radical (unpaired) electrons. The van der Waals surface area contributed by atoms with E-state index in [1.807, 2.05) is 30.3 Å². The second-order valence-corrected chi connectivity index (χ2v) is 4.26. The topological polar surface area (TPSA) is 64.3 Å². The van der Waals surface area contributed by atoms with Gasteiger partial charge in [-0.1, -0.05) is 18.2 Å². The second-order valence-electron chi connectivity index (χ2n) is 4.26. The van der Waals surface area contributed by atoms with Crippen LogP contribution in [0.25, 0.3) is 0 Å². The number of para-hydroxylation sites is 1. The van der Waals surface area contributed by atoms with E-state index in [2.05, 4.69) is 5.32 Å². The van der Waals surface area contributed by atoms with Crippen LogP contribution in [0.15, 0.2) is 42.5 Å². The number of rotatable bonds is 4. The Morgan fingerprint density at radius 1 is 1.25 bits per heavy atom. The number of hydrogen-bond donors (Lipinski definition) is 2. The first-order valence-corrected chi connectivity index (χ1v) is 6.10. The van der Waals surface area contributed by atoms with Crippen molar-refractivity contribution in [3.8, 4) is 0 Å². The van der Waals surface area contributed by atoms with Gasteiger partial charge in [0.1, 0.15) is 12.4 Å². The minimum absolute atomic E-state index is 0.165. The summed E-state index contributed by atoms with van der Waals surface area (Å²) in [5.41, 5.74) is 7.67. The molecule has 0 amide bonds. The molecule has 20 heavy (non-hydrogen) atoms. The molecule has 2 aromatic carbocycles. The van der Waals surface area contributed by atoms with E-state index in [9.17, 15) is 9.18 Å². The van der Waals surface area contributed by atoms with E-state index in [0.29, 0.717) is 11.4 Å². The van der Waals surface area contributed by atoms with Crippen LogP contribution in [-0.4, -0.2) is 5.97 Å². The summed E-state index contributed by atoms with van der Waals surface area (Å²) in [7, 11) is 0. The largest absolute Gasteiger partial charge is 0.461 e. The van der Waals surface area contributed by atoms with Crippen molar-refractivity contribution in [2.75, 3.05) is 11.1 Å². The van der Waals surface area contributed by atoms with E-state index in [4.69, 9.17) is 10.5 Å². The number of ether oxygens (including phenoxy) is 1. The summed E-state index contributed by atoms with van der Waals surface area (Å²) in [4.78, 5) is 10.9. The number of anilines is 3. The number of nitrogens with two attached hydrogens (primary N) is 1. The Labute approximate surface area is 116 Å². The third kappa shape index (κ3) is 3.26. The minimum atomic E-state index is -0.475. The second kappa shape index (κ2) is 6.06. The molecular weight excluding hydrogens is 259 g/mol. The average Bonchev–Trinajstić information content (AvgIpc) is 2.43. The molecule has 3 N–H and O–H groups in total. The summed E-state index contributed by atoms with van der Waals surface area (Å²) in [5, 5.41) is 3.05. The Hall–Kier alpha value is -2.56. The maximum atomic E-state index is 13.9. The Morgan fingerprint density at radius 2 is 1.95 bits per heavy atom. The fraction of sp³-hybridized carbons (Fsp3) is 0.133. The number of esters is 1. The molecule has 0 fully saturated rings. The standard InChI is InChI=1S/C15H15FN2O2/c1-10(19)20-9-12-13(16)7-8-14(17)15(12)18-11-5-3-2-4-6-11/h2-8,18H,9,17H2,1H3. The number of carbonyl (C=O) groups is 1. The third-order valence-electron chi connectivity index (χ3n) is 2.75.